The van der Waals surface area contributed by atoms with Gasteiger partial charge < -0.3 is 14.4 Å². The van der Waals surface area contributed by atoms with Crippen molar-refractivity contribution in [3.05, 3.63) is 0 Å². The van der Waals surface area contributed by atoms with Gasteiger partial charge in [-0.1, -0.05) is 0 Å². The van der Waals surface area contributed by atoms with Crippen LogP contribution < -0.4 is 0 Å². The molecule has 0 N–H and O–H groups in total. The summed E-state index contributed by atoms with van der Waals surface area (Å²) in [5.41, 5.74) is -0.451. The van der Waals surface area contributed by atoms with E-state index in [1.54, 1.807) is 4.90 Å². The first kappa shape index (κ1) is 13.0. The molecule has 4 nitrogen and oxygen atoms in total. The second kappa shape index (κ2) is 5.32. The Morgan fingerprint density at radius 1 is 1.31 bits per heavy atom. The average Bonchev–Trinajstić information content (AvgIpc) is 2.39. The van der Waals surface area contributed by atoms with Gasteiger partial charge in [0.05, 0.1) is 0 Å². The number of hydrogen-bond acceptors (Lipinski definition) is 3. The standard InChI is InChI=1S/C12H21NO3/c1-12(2,3)16-11(15)13-7-4-5-10(9-14)6-8-13/h9-10H,4-8H2,1-3H3/t10-/m1/s1. The summed E-state index contributed by atoms with van der Waals surface area (Å²) in [5, 5.41) is 0. The zero-order valence-electron chi connectivity index (χ0n) is 10.4. The van der Waals surface area contributed by atoms with Gasteiger partial charge in [-0.2, -0.15) is 0 Å². The molecule has 1 heterocycles. The van der Waals surface area contributed by atoms with Crippen molar-refractivity contribution < 1.29 is 14.3 Å². The van der Waals surface area contributed by atoms with Crippen LogP contribution in [0, 0.1) is 5.92 Å². The lowest BCUT2D eigenvalue weighted by Crippen LogP contribution is -2.37. The fourth-order valence-electron chi connectivity index (χ4n) is 1.77. The minimum atomic E-state index is -0.451. The van der Waals surface area contributed by atoms with E-state index < -0.39 is 5.60 Å². The number of rotatable bonds is 1. The van der Waals surface area contributed by atoms with E-state index in [1.165, 1.54) is 0 Å². The lowest BCUT2D eigenvalue weighted by molar-refractivity contribution is -0.111. The highest BCUT2D eigenvalue weighted by Crippen LogP contribution is 2.17. The third-order valence-electron chi connectivity index (χ3n) is 2.62. The molecule has 0 bridgehead atoms. The number of nitrogens with zero attached hydrogens (tertiary/aromatic N) is 1. The molecule has 0 radical (unpaired) electrons. The molecule has 1 aliphatic rings. The van der Waals surface area contributed by atoms with Crippen molar-refractivity contribution in [1.82, 2.24) is 4.90 Å². The summed E-state index contributed by atoms with van der Waals surface area (Å²) < 4.78 is 5.30. The molecule has 0 aromatic heterocycles. The van der Waals surface area contributed by atoms with E-state index in [0.717, 1.165) is 25.5 Å². The molecule has 1 rings (SSSR count). The van der Waals surface area contributed by atoms with Gasteiger partial charge in [0.2, 0.25) is 0 Å². The number of likely N-dealkylation sites (tertiary alicyclic amines) is 1. The third kappa shape index (κ3) is 4.21. The van der Waals surface area contributed by atoms with Crippen LogP contribution in [0.15, 0.2) is 0 Å². The smallest absolute Gasteiger partial charge is 0.410 e. The van der Waals surface area contributed by atoms with Crippen LogP contribution >= 0.6 is 0 Å². The number of carbonyl (C=O) groups is 2. The zero-order chi connectivity index (χ0) is 12.2. The van der Waals surface area contributed by atoms with Gasteiger partial charge in [0.15, 0.2) is 0 Å². The van der Waals surface area contributed by atoms with Crippen LogP contribution in [-0.4, -0.2) is 36.0 Å². The second-order valence-electron chi connectivity index (χ2n) is 5.29. The highest BCUT2D eigenvalue weighted by molar-refractivity contribution is 5.68. The SMILES string of the molecule is CC(C)(C)OC(=O)N1CCC[C@@H](C=O)CC1. The highest BCUT2D eigenvalue weighted by atomic mass is 16.6. The highest BCUT2D eigenvalue weighted by Gasteiger charge is 2.24. The fourth-order valence-corrected chi connectivity index (χ4v) is 1.77. The Kier molecular flexibility index (Phi) is 4.33. The van der Waals surface area contributed by atoms with Crippen molar-refractivity contribution in [2.75, 3.05) is 13.1 Å². The Labute approximate surface area is 96.9 Å². The van der Waals surface area contributed by atoms with Crippen LogP contribution in [0.25, 0.3) is 0 Å². The Morgan fingerprint density at radius 2 is 2.00 bits per heavy atom. The van der Waals surface area contributed by atoms with Gasteiger partial charge in [-0.05, 0) is 40.0 Å². The van der Waals surface area contributed by atoms with Crippen molar-refractivity contribution in [3.8, 4) is 0 Å². The zero-order valence-corrected chi connectivity index (χ0v) is 10.4. The third-order valence-corrected chi connectivity index (χ3v) is 2.62. The van der Waals surface area contributed by atoms with Crippen LogP contribution in [0.3, 0.4) is 0 Å². The number of aldehydes is 1. The van der Waals surface area contributed by atoms with Crippen molar-refractivity contribution >= 4 is 12.4 Å². The molecule has 92 valence electrons. The molecule has 1 atom stereocenters. The van der Waals surface area contributed by atoms with Gasteiger partial charge in [-0.15, -0.1) is 0 Å². The van der Waals surface area contributed by atoms with Crippen LogP contribution in [0.4, 0.5) is 4.79 Å². The Balaban J connectivity index is 2.48. The average molecular weight is 227 g/mol. The maximum Gasteiger partial charge on any atom is 0.410 e. The van der Waals surface area contributed by atoms with Crippen molar-refractivity contribution in [2.24, 2.45) is 5.92 Å². The number of hydrogen-bond donors (Lipinski definition) is 0. The predicted octanol–water partition coefficient (Wildman–Crippen LogP) is 2.22. The monoisotopic (exact) mass is 227 g/mol. The summed E-state index contributed by atoms with van der Waals surface area (Å²) in [5.74, 6) is 0.104. The molecule has 0 unspecified atom stereocenters. The van der Waals surface area contributed by atoms with Gasteiger partial charge >= 0.3 is 6.09 Å². The Morgan fingerprint density at radius 3 is 2.56 bits per heavy atom. The maximum atomic E-state index is 11.8. The van der Waals surface area contributed by atoms with E-state index in [1.807, 2.05) is 20.8 Å². The fraction of sp³-hybridized carbons (Fsp3) is 0.833. The van der Waals surface area contributed by atoms with E-state index >= 15 is 0 Å². The number of amides is 1. The second-order valence-corrected chi connectivity index (χ2v) is 5.29. The summed E-state index contributed by atoms with van der Waals surface area (Å²) in [7, 11) is 0. The lowest BCUT2D eigenvalue weighted by atomic mass is 10.0. The molecule has 0 aromatic rings. The molecule has 0 aliphatic carbocycles. The minimum Gasteiger partial charge on any atom is -0.444 e. The summed E-state index contributed by atoms with van der Waals surface area (Å²) >= 11 is 0. The molecule has 16 heavy (non-hydrogen) atoms. The maximum absolute atomic E-state index is 11.8. The molecule has 4 heteroatoms. The van der Waals surface area contributed by atoms with E-state index in [-0.39, 0.29) is 12.0 Å². The predicted molar refractivity (Wildman–Crippen MR) is 61.2 cm³/mol. The Hall–Kier alpha value is -1.06. The first-order valence-electron chi connectivity index (χ1n) is 5.85. The molecule has 0 aromatic carbocycles. The molecular formula is C12H21NO3. The van der Waals surface area contributed by atoms with Gasteiger partial charge in [0.1, 0.15) is 11.9 Å². The largest absolute Gasteiger partial charge is 0.444 e. The van der Waals surface area contributed by atoms with E-state index in [4.69, 9.17) is 4.74 Å². The summed E-state index contributed by atoms with van der Waals surface area (Å²) in [4.78, 5) is 24.2. The topological polar surface area (TPSA) is 46.6 Å². The van der Waals surface area contributed by atoms with E-state index in [0.29, 0.717) is 13.1 Å². The Bertz CT molecular complexity index is 257. The van der Waals surface area contributed by atoms with Gasteiger partial charge in [-0.25, -0.2) is 4.79 Å². The molecule has 1 aliphatic heterocycles. The lowest BCUT2D eigenvalue weighted by Gasteiger charge is -2.26. The first-order chi connectivity index (χ1) is 7.42. The number of carbonyl (C=O) groups excluding carboxylic acids is 2. The summed E-state index contributed by atoms with van der Waals surface area (Å²) in [6, 6.07) is 0. The molecule has 1 saturated heterocycles. The molecule has 0 spiro atoms. The number of ether oxygens (including phenoxy) is 1. The normalized spacial score (nSPS) is 22.4. The van der Waals surface area contributed by atoms with E-state index in [2.05, 4.69) is 0 Å². The molecule has 1 fully saturated rings. The van der Waals surface area contributed by atoms with Crippen LogP contribution in [0.5, 0.6) is 0 Å². The molecule has 0 saturated carbocycles. The van der Waals surface area contributed by atoms with Crippen LogP contribution in [0.2, 0.25) is 0 Å². The minimum absolute atomic E-state index is 0.104. The van der Waals surface area contributed by atoms with Crippen molar-refractivity contribution in [1.29, 1.82) is 0 Å². The van der Waals surface area contributed by atoms with Crippen molar-refractivity contribution in [2.45, 2.75) is 45.6 Å². The van der Waals surface area contributed by atoms with Crippen LogP contribution in [0.1, 0.15) is 40.0 Å². The van der Waals surface area contributed by atoms with E-state index in [9.17, 15) is 9.59 Å². The van der Waals surface area contributed by atoms with Crippen LogP contribution in [-0.2, 0) is 9.53 Å². The van der Waals surface area contributed by atoms with Gasteiger partial charge in [0.25, 0.3) is 0 Å². The molecular weight excluding hydrogens is 206 g/mol. The molecule has 1 amide bonds. The first-order valence-corrected chi connectivity index (χ1v) is 5.85. The summed E-state index contributed by atoms with van der Waals surface area (Å²) in [6.45, 7) is 6.89. The summed E-state index contributed by atoms with van der Waals surface area (Å²) in [6.07, 6.45) is 3.24. The van der Waals surface area contributed by atoms with Gasteiger partial charge in [-0.3, -0.25) is 0 Å². The quantitative estimate of drug-likeness (QED) is 0.645. The van der Waals surface area contributed by atoms with Gasteiger partial charge in [0, 0.05) is 19.0 Å². The van der Waals surface area contributed by atoms with Crippen molar-refractivity contribution in [3.63, 3.8) is 0 Å².